The van der Waals surface area contributed by atoms with Crippen molar-refractivity contribution in [3.8, 4) is 0 Å². The maximum absolute atomic E-state index is 12.8. The summed E-state index contributed by atoms with van der Waals surface area (Å²) in [5.74, 6) is -0.226. The second-order valence-electron chi connectivity index (χ2n) is 13.0. The van der Waals surface area contributed by atoms with Crippen LogP contribution >= 0.6 is 0 Å². The van der Waals surface area contributed by atoms with E-state index in [0.717, 1.165) is 70.6 Å². The lowest BCUT2D eigenvalue weighted by atomic mass is 9.99. The van der Waals surface area contributed by atoms with E-state index in [4.69, 9.17) is 9.47 Å². The van der Waals surface area contributed by atoms with Crippen LogP contribution in [0.4, 0.5) is 0 Å². The fourth-order valence-corrected chi connectivity index (χ4v) is 5.37. The number of carbonyl (C=O) groups excluding carboxylic acids is 1. The van der Waals surface area contributed by atoms with Crippen molar-refractivity contribution in [3.63, 3.8) is 0 Å². The summed E-state index contributed by atoms with van der Waals surface area (Å²) < 4.78 is 11.1. The SMILES string of the molecule is CC/C=C\C/C=C\C/C=C\CCCCCC(=O)NC(COC1OC(CO)C(O)C(O)C1O)C(O)/C=C/CC/C=C/CC/C=C/CCCCCC. The van der Waals surface area contributed by atoms with Crippen molar-refractivity contribution in [1.29, 1.82) is 0 Å². The van der Waals surface area contributed by atoms with E-state index in [-0.39, 0.29) is 12.5 Å². The lowest BCUT2D eigenvalue weighted by Gasteiger charge is -2.40. The van der Waals surface area contributed by atoms with Crippen LogP contribution in [0.25, 0.3) is 0 Å². The largest absolute Gasteiger partial charge is 0.394 e. The van der Waals surface area contributed by atoms with Crippen molar-refractivity contribution in [2.75, 3.05) is 13.2 Å². The van der Waals surface area contributed by atoms with Crippen molar-refractivity contribution in [2.45, 2.75) is 166 Å². The average molecular weight is 704 g/mol. The van der Waals surface area contributed by atoms with Crippen LogP contribution in [-0.4, -0.2) is 87.5 Å². The number of aliphatic hydroxyl groups is 5. The number of rotatable bonds is 29. The predicted molar refractivity (Wildman–Crippen MR) is 202 cm³/mol. The monoisotopic (exact) mass is 704 g/mol. The van der Waals surface area contributed by atoms with Crippen molar-refractivity contribution < 1.29 is 39.8 Å². The second-order valence-corrected chi connectivity index (χ2v) is 13.0. The molecule has 0 aromatic heterocycles. The number of carbonyl (C=O) groups is 1. The lowest BCUT2D eigenvalue weighted by Crippen LogP contribution is -2.60. The molecule has 50 heavy (non-hydrogen) atoms. The van der Waals surface area contributed by atoms with Crippen LogP contribution in [0.5, 0.6) is 0 Å². The smallest absolute Gasteiger partial charge is 0.220 e. The number of hydrogen-bond acceptors (Lipinski definition) is 8. The Bertz CT molecular complexity index is 1000. The number of aliphatic hydroxyl groups excluding tert-OH is 5. The number of hydrogen-bond donors (Lipinski definition) is 6. The molecule has 6 N–H and O–H groups in total. The molecule has 9 nitrogen and oxygen atoms in total. The van der Waals surface area contributed by atoms with Crippen LogP contribution < -0.4 is 5.32 Å². The highest BCUT2D eigenvalue weighted by Gasteiger charge is 2.44. The van der Waals surface area contributed by atoms with Gasteiger partial charge in [-0.05, 0) is 77.0 Å². The Kier molecular flexibility index (Phi) is 28.6. The highest BCUT2D eigenvalue weighted by molar-refractivity contribution is 5.76. The molecule has 9 heteroatoms. The van der Waals surface area contributed by atoms with Crippen LogP contribution in [0.1, 0.15) is 123 Å². The maximum Gasteiger partial charge on any atom is 0.220 e. The van der Waals surface area contributed by atoms with Gasteiger partial charge in [-0.1, -0.05) is 112 Å². The fourth-order valence-electron chi connectivity index (χ4n) is 5.37. The summed E-state index contributed by atoms with van der Waals surface area (Å²) in [7, 11) is 0. The molecule has 286 valence electrons. The van der Waals surface area contributed by atoms with Gasteiger partial charge in [0.05, 0.1) is 25.4 Å². The van der Waals surface area contributed by atoms with Gasteiger partial charge in [0.2, 0.25) is 5.91 Å². The van der Waals surface area contributed by atoms with Crippen LogP contribution in [0.15, 0.2) is 72.9 Å². The van der Waals surface area contributed by atoms with Gasteiger partial charge < -0.3 is 40.3 Å². The molecule has 1 saturated heterocycles. The first-order valence-corrected chi connectivity index (χ1v) is 19.2. The number of unbranched alkanes of at least 4 members (excludes halogenated alkanes) is 9. The Hall–Kier alpha value is -2.37. The minimum atomic E-state index is -1.58. The van der Waals surface area contributed by atoms with E-state index < -0.39 is 49.5 Å². The molecule has 1 heterocycles. The van der Waals surface area contributed by atoms with Gasteiger partial charge in [0.1, 0.15) is 24.4 Å². The molecule has 7 atom stereocenters. The standard InChI is InChI=1S/C41H69NO8/c1-3-5-7-9-11-13-15-17-19-20-22-24-26-28-30-35(44)34(33-49-41-40(48)39(47)38(46)36(32-43)50-41)42-37(45)31-29-27-25-23-21-18-16-14-12-10-8-6-4-2/h6,8,12-15,18,20-22,28,30,34-36,38-41,43-44,46-48H,3-5,7,9-11,16-17,19,23-27,29,31-33H2,1-2H3,(H,42,45)/b8-6-,14-12-,15-13+,21-18-,22-20+,30-28+. The average Bonchev–Trinajstić information content (AvgIpc) is 3.11. The summed E-state index contributed by atoms with van der Waals surface area (Å²) in [5.41, 5.74) is 0. The highest BCUT2D eigenvalue weighted by atomic mass is 16.7. The Labute approximate surface area is 302 Å². The minimum Gasteiger partial charge on any atom is -0.394 e. The van der Waals surface area contributed by atoms with Gasteiger partial charge in [0, 0.05) is 6.42 Å². The molecule has 1 rings (SSSR count). The molecule has 1 fully saturated rings. The third-order valence-electron chi connectivity index (χ3n) is 8.49. The maximum atomic E-state index is 12.8. The van der Waals surface area contributed by atoms with Crippen molar-refractivity contribution >= 4 is 5.91 Å². The zero-order valence-electron chi connectivity index (χ0n) is 30.9. The molecule has 0 aliphatic carbocycles. The zero-order valence-corrected chi connectivity index (χ0v) is 30.9. The molecule has 0 bridgehead atoms. The van der Waals surface area contributed by atoms with Crippen LogP contribution in [-0.2, 0) is 14.3 Å². The van der Waals surface area contributed by atoms with Gasteiger partial charge in [-0.15, -0.1) is 0 Å². The number of amides is 1. The first kappa shape index (κ1) is 45.7. The van der Waals surface area contributed by atoms with Gasteiger partial charge in [-0.3, -0.25) is 4.79 Å². The molecule has 0 aromatic rings. The van der Waals surface area contributed by atoms with Crippen molar-refractivity contribution in [1.82, 2.24) is 5.32 Å². The molecule has 0 aromatic carbocycles. The molecule has 1 amide bonds. The quantitative estimate of drug-likeness (QED) is 0.0375. The highest BCUT2D eigenvalue weighted by Crippen LogP contribution is 2.22. The van der Waals surface area contributed by atoms with Gasteiger partial charge in [-0.25, -0.2) is 0 Å². The summed E-state index contributed by atoms with van der Waals surface area (Å²) in [4.78, 5) is 12.8. The van der Waals surface area contributed by atoms with E-state index in [1.54, 1.807) is 6.08 Å². The summed E-state index contributed by atoms with van der Waals surface area (Å²) in [6.07, 6.45) is 33.7. The van der Waals surface area contributed by atoms with Crippen molar-refractivity contribution in [2.24, 2.45) is 0 Å². The van der Waals surface area contributed by atoms with E-state index in [2.05, 4.69) is 79.9 Å². The Morgan fingerprint density at radius 2 is 1.26 bits per heavy atom. The molecule has 1 aliphatic rings. The summed E-state index contributed by atoms with van der Waals surface area (Å²) in [6.45, 7) is 3.55. The first-order chi connectivity index (χ1) is 24.3. The Morgan fingerprint density at radius 3 is 1.88 bits per heavy atom. The van der Waals surface area contributed by atoms with Gasteiger partial charge in [-0.2, -0.15) is 0 Å². The lowest BCUT2D eigenvalue weighted by molar-refractivity contribution is -0.302. The van der Waals surface area contributed by atoms with Gasteiger partial charge in [0.25, 0.3) is 0 Å². The first-order valence-electron chi connectivity index (χ1n) is 19.2. The molecule has 1 aliphatic heterocycles. The Balaban J connectivity index is 2.54. The Morgan fingerprint density at radius 1 is 0.700 bits per heavy atom. The number of ether oxygens (including phenoxy) is 2. The predicted octanol–water partition coefficient (Wildman–Crippen LogP) is 6.66. The molecule has 0 spiro atoms. The number of allylic oxidation sites excluding steroid dienone is 11. The van der Waals surface area contributed by atoms with Crippen molar-refractivity contribution in [3.05, 3.63) is 72.9 Å². The molecule has 0 radical (unpaired) electrons. The summed E-state index contributed by atoms with van der Waals surface area (Å²) in [5, 5.41) is 53.8. The molecular weight excluding hydrogens is 634 g/mol. The van der Waals surface area contributed by atoms with Crippen LogP contribution in [0, 0.1) is 0 Å². The minimum absolute atomic E-state index is 0.222. The molecule has 7 unspecified atom stereocenters. The normalized spacial score (nSPS) is 23.1. The summed E-state index contributed by atoms with van der Waals surface area (Å²) in [6, 6.07) is -0.844. The zero-order chi connectivity index (χ0) is 36.7. The van der Waals surface area contributed by atoms with E-state index >= 15 is 0 Å². The number of nitrogens with one attached hydrogen (secondary N) is 1. The molecule has 0 saturated carbocycles. The fraction of sp³-hybridized carbons (Fsp3) is 0.683. The van der Waals surface area contributed by atoms with Gasteiger partial charge >= 0.3 is 0 Å². The topological polar surface area (TPSA) is 149 Å². The van der Waals surface area contributed by atoms with E-state index in [1.165, 1.54) is 25.7 Å². The second kappa shape index (κ2) is 31.4. The van der Waals surface area contributed by atoms with Crippen LogP contribution in [0.3, 0.4) is 0 Å². The van der Waals surface area contributed by atoms with E-state index in [9.17, 15) is 30.3 Å². The molecular formula is C41H69NO8. The summed E-state index contributed by atoms with van der Waals surface area (Å²) >= 11 is 0. The van der Waals surface area contributed by atoms with Gasteiger partial charge in [0.15, 0.2) is 6.29 Å². The van der Waals surface area contributed by atoms with E-state index in [1.807, 2.05) is 6.08 Å². The van der Waals surface area contributed by atoms with Crippen LogP contribution in [0.2, 0.25) is 0 Å². The third-order valence-corrected chi connectivity index (χ3v) is 8.49. The van der Waals surface area contributed by atoms with E-state index in [0.29, 0.717) is 12.8 Å². The third kappa shape index (κ3) is 22.4.